The van der Waals surface area contributed by atoms with Crippen LogP contribution in [-0.2, 0) is 16.1 Å². The van der Waals surface area contributed by atoms with Crippen LogP contribution in [0.1, 0.15) is 35.3 Å². The van der Waals surface area contributed by atoms with Crippen molar-refractivity contribution >= 4 is 11.5 Å². The van der Waals surface area contributed by atoms with E-state index in [9.17, 15) is 4.79 Å². The second-order valence-corrected chi connectivity index (χ2v) is 6.16. The molecule has 1 heterocycles. The summed E-state index contributed by atoms with van der Waals surface area (Å²) in [6, 6.07) is 15.3. The maximum atomic E-state index is 12.1. The van der Waals surface area contributed by atoms with Gasteiger partial charge >= 0.3 is 5.97 Å². The van der Waals surface area contributed by atoms with Gasteiger partial charge in [0, 0.05) is 19.4 Å². The van der Waals surface area contributed by atoms with Gasteiger partial charge in [0.05, 0.1) is 13.2 Å². The molecule has 0 unspecified atom stereocenters. The molecule has 24 heavy (non-hydrogen) atoms. The highest BCUT2D eigenvalue weighted by atomic mass is 16.7. The molecular formula is C20H20O4. The quantitative estimate of drug-likeness (QED) is 0.773. The van der Waals surface area contributed by atoms with Crippen LogP contribution in [0.15, 0.2) is 55.1 Å². The van der Waals surface area contributed by atoms with Gasteiger partial charge in [-0.1, -0.05) is 49.0 Å². The molecule has 0 fully saturated rings. The zero-order valence-electron chi connectivity index (χ0n) is 13.9. The minimum absolute atomic E-state index is 0.351. The Morgan fingerprint density at radius 1 is 1.08 bits per heavy atom. The number of esters is 1. The average Bonchev–Trinajstić information content (AvgIpc) is 2.54. The van der Waals surface area contributed by atoms with Crippen LogP contribution in [0.4, 0.5) is 0 Å². The molecule has 0 amide bonds. The van der Waals surface area contributed by atoms with Crippen LogP contribution in [0, 0.1) is 0 Å². The van der Waals surface area contributed by atoms with Gasteiger partial charge in [-0.15, -0.1) is 0 Å². The van der Waals surface area contributed by atoms with Crippen LogP contribution >= 0.6 is 0 Å². The zero-order chi connectivity index (χ0) is 17.2. The van der Waals surface area contributed by atoms with Crippen molar-refractivity contribution in [3.05, 3.63) is 71.8 Å². The first kappa shape index (κ1) is 16.3. The molecule has 0 atom stereocenters. The van der Waals surface area contributed by atoms with E-state index in [4.69, 9.17) is 14.2 Å². The summed E-state index contributed by atoms with van der Waals surface area (Å²) in [4.78, 5) is 12.1. The number of carbonyl (C=O) groups is 1. The third kappa shape index (κ3) is 3.49. The number of ether oxygens (including phenoxy) is 3. The molecule has 1 aliphatic rings. The second kappa shape index (κ2) is 6.49. The Bertz CT molecular complexity index is 762. The summed E-state index contributed by atoms with van der Waals surface area (Å²) in [5.41, 5.74) is 3.04. The lowest BCUT2D eigenvalue weighted by molar-refractivity contribution is -0.127. The monoisotopic (exact) mass is 324 g/mol. The Hall–Kier alpha value is -2.59. The first-order chi connectivity index (χ1) is 11.5. The fourth-order valence-electron chi connectivity index (χ4n) is 2.58. The van der Waals surface area contributed by atoms with Gasteiger partial charge in [-0.25, -0.2) is 4.79 Å². The highest BCUT2D eigenvalue weighted by Gasteiger charge is 2.35. The normalized spacial score (nSPS) is 15.2. The fourth-order valence-corrected chi connectivity index (χ4v) is 2.58. The molecule has 0 aromatic heterocycles. The average molecular weight is 324 g/mol. The molecule has 0 saturated carbocycles. The Morgan fingerprint density at radius 2 is 1.83 bits per heavy atom. The van der Waals surface area contributed by atoms with E-state index in [1.165, 1.54) is 0 Å². The lowest BCUT2D eigenvalue weighted by atomic mass is 10.0. The Labute approximate surface area is 141 Å². The van der Waals surface area contributed by atoms with Crippen LogP contribution in [0.5, 0.6) is 5.75 Å². The van der Waals surface area contributed by atoms with Gasteiger partial charge in [0.1, 0.15) is 11.3 Å². The molecule has 0 bridgehead atoms. The third-order valence-electron chi connectivity index (χ3n) is 3.69. The van der Waals surface area contributed by atoms with Crippen molar-refractivity contribution < 1.29 is 19.0 Å². The van der Waals surface area contributed by atoms with Crippen LogP contribution in [0.25, 0.3) is 5.57 Å². The molecule has 0 aliphatic carbocycles. The first-order valence-electron chi connectivity index (χ1n) is 7.81. The summed E-state index contributed by atoms with van der Waals surface area (Å²) >= 11 is 0. The molecule has 0 radical (unpaired) electrons. The van der Waals surface area contributed by atoms with Gasteiger partial charge in [0.25, 0.3) is 0 Å². The van der Waals surface area contributed by atoms with Gasteiger partial charge in [-0.05, 0) is 17.2 Å². The van der Waals surface area contributed by atoms with E-state index >= 15 is 0 Å². The van der Waals surface area contributed by atoms with Crippen LogP contribution in [0.2, 0.25) is 0 Å². The number of benzene rings is 2. The molecule has 3 rings (SSSR count). The van der Waals surface area contributed by atoms with E-state index in [0.29, 0.717) is 24.5 Å². The molecule has 0 spiro atoms. The topological polar surface area (TPSA) is 44.8 Å². The lowest BCUT2D eigenvalue weighted by Crippen LogP contribution is -2.39. The van der Waals surface area contributed by atoms with Crippen molar-refractivity contribution in [2.45, 2.75) is 26.2 Å². The molecule has 1 aliphatic heterocycles. The van der Waals surface area contributed by atoms with Crippen molar-refractivity contribution in [1.82, 2.24) is 0 Å². The first-order valence-corrected chi connectivity index (χ1v) is 7.81. The predicted molar refractivity (Wildman–Crippen MR) is 91.7 cm³/mol. The SMILES string of the molecule is C=C(COCc1ccccc1)c1cccc2c1OC(C)(C)OC2=O. The van der Waals surface area contributed by atoms with Crippen LogP contribution in [0.3, 0.4) is 0 Å². The third-order valence-corrected chi connectivity index (χ3v) is 3.69. The standard InChI is InChI=1S/C20H20O4/c1-14(12-22-13-15-8-5-4-6-9-15)16-10-7-11-17-18(16)23-20(2,3)24-19(17)21/h4-11H,1,12-13H2,2-3H3. The number of rotatable bonds is 5. The molecule has 124 valence electrons. The van der Waals surface area contributed by atoms with Gasteiger partial charge in [0.15, 0.2) is 0 Å². The highest BCUT2D eigenvalue weighted by Crippen LogP contribution is 2.37. The molecule has 4 heteroatoms. The number of hydrogen-bond donors (Lipinski definition) is 0. The summed E-state index contributed by atoms with van der Waals surface area (Å²) < 4.78 is 16.8. The van der Waals surface area contributed by atoms with Gasteiger partial charge in [-0.2, -0.15) is 0 Å². The summed E-state index contributed by atoms with van der Waals surface area (Å²) in [6.45, 7) is 8.35. The molecule has 4 nitrogen and oxygen atoms in total. The Kier molecular flexibility index (Phi) is 4.40. The summed E-state index contributed by atoms with van der Waals surface area (Å²) in [5, 5.41) is 0. The molecular weight excluding hydrogens is 304 g/mol. The van der Waals surface area contributed by atoms with Gasteiger partial charge in [0.2, 0.25) is 5.79 Å². The lowest BCUT2D eigenvalue weighted by Gasteiger charge is -2.33. The van der Waals surface area contributed by atoms with Crippen LogP contribution in [-0.4, -0.2) is 18.4 Å². The molecule has 2 aromatic carbocycles. The minimum Gasteiger partial charge on any atom is -0.451 e. The van der Waals surface area contributed by atoms with Gasteiger partial charge < -0.3 is 14.2 Å². The number of cyclic esters (lactones) is 1. The van der Waals surface area contributed by atoms with Crippen molar-refractivity contribution in [3.8, 4) is 5.75 Å². The van der Waals surface area contributed by atoms with E-state index in [1.54, 1.807) is 26.0 Å². The zero-order valence-corrected chi connectivity index (χ0v) is 13.9. The van der Waals surface area contributed by atoms with Crippen LogP contribution < -0.4 is 4.74 Å². The number of carbonyl (C=O) groups excluding carboxylic acids is 1. The molecule has 0 saturated heterocycles. The highest BCUT2D eigenvalue weighted by molar-refractivity contribution is 5.95. The second-order valence-electron chi connectivity index (χ2n) is 6.16. The summed E-state index contributed by atoms with van der Waals surface area (Å²) in [5.74, 6) is -0.876. The van der Waals surface area contributed by atoms with Crippen molar-refractivity contribution in [3.63, 3.8) is 0 Å². The predicted octanol–water partition coefficient (Wildman–Crippen LogP) is 4.20. The number of fused-ring (bicyclic) bond motifs is 1. The number of hydrogen-bond acceptors (Lipinski definition) is 4. The Balaban J connectivity index is 1.74. The van der Waals surface area contributed by atoms with Crippen molar-refractivity contribution in [2.24, 2.45) is 0 Å². The maximum Gasteiger partial charge on any atom is 0.345 e. The van der Waals surface area contributed by atoms with E-state index in [-0.39, 0.29) is 5.97 Å². The molecule has 2 aromatic rings. The van der Waals surface area contributed by atoms with Crippen molar-refractivity contribution in [1.29, 1.82) is 0 Å². The Morgan fingerprint density at radius 3 is 2.58 bits per heavy atom. The van der Waals surface area contributed by atoms with E-state index < -0.39 is 5.79 Å². The summed E-state index contributed by atoms with van der Waals surface area (Å²) in [7, 11) is 0. The minimum atomic E-state index is -0.995. The van der Waals surface area contributed by atoms with Crippen molar-refractivity contribution in [2.75, 3.05) is 6.61 Å². The summed E-state index contributed by atoms with van der Waals surface area (Å²) in [6.07, 6.45) is 0. The largest absolute Gasteiger partial charge is 0.451 e. The van der Waals surface area contributed by atoms with E-state index in [0.717, 1.165) is 16.7 Å². The molecule has 0 N–H and O–H groups in total. The van der Waals surface area contributed by atoms with Gasteiger partial charge in [-0.3, -0.25) is 0 Å². The van der Waals surface area contributed by atoms with E-state index in [2.05, 4.69) is 6.58 Å². The number of para-hydroxylation sites is 1. The smallest absolute Gasteiger partial charge is 0.345 e. The van der Waals surface area contributed by atoms with E-state index in [1.807, 2.05) is 36.4 Å². The maximum absolute atomic E-state index is 12.1. The fraction of sp³-hybridized carbons (Fsp3) is 0.250.